The molecular formula is C7H6Bi2O4. The first-order valence-corrected chi connectivity index (χ1v) is 9.85. The predicted molar refractivity (Wildman–Crippen MR) is 47.9 cm³/mol. The normalized spacial score (nSPS) is 16.2. The quantitative estimate of drug-likeness (QED) is 0.404. The number of carbonyl (C=O) groups is 1. The fourth-order valence-corrected chi connectivity index (χ4v) is 7.14. The third kappa shape index (κ3) is 2.37. The number of hydrogen-bond donors (Lipinski definition) is 0. The number of carbonyl (C=O) groups excluding carboxylic acids is 1. The Labute approximate surface area is 100 Å². The Balaban J connectivity index is 2.37. The van der Waals surface area contributed by atoms with Gasteiger partial charge in [-0.1, -0.05) is 0 Å². The molecule has 0 amide bonds. The Morgan fingerprint density at radius 1 is 1.08 bits per heavy atom. The van der Waals surface area contributed by atoms with Crippen LogP contribution >= 0.6 is 0 Å². The van der Waals surface area contributed by atoms with Crippen molar-refractivity contribution in [1.29, 1.82) is 0 Å². The second-order valence-corrected chi connectivity index (χ2v) is 12.9. The molecule has 0 N–H and O–H groups in total. The first-order valence-electron chi connectivity index (χ1n) is 3.51. The number of fused-ring (bicyclic) bond motifs is 1. The van der Waals surface area contributed by atoms with Crippen LogP contribution in [-0.2, 0) is 3.70 Å². The van der Waals surface area contributed by atoms with E-state index in [0.29, 0.717) is 11.3 Å². The first kappa shape index (κ1) is 9.76. The Bertz CT molecular complexity index is 328. The van der Waals surface area contributed by atoms with Gasteiger partial charge in [-0.3, -0.25) is 0 Å². The van der Waals surface area contributed by atoms with Crippen LogP contribution in [0.1, 0.15) is 10.4 Å². The number of benzene rings is 1. The molecule has 0 saturated carbocycles. The molecule has 4 nitrogen and oxygen atoms in total. The monoisotopic (exact) mass is 572 g/mol. The van der Waals surface area contributed by atoms with Gasteiger partial charge in [0.05, 0.1) is 0 Å². The van der Waals surface area contributed by atoms with Crippen LogP contribution in [0.5, 0.6) is 5.75 Å². The van der Waals surface area contributed by atoms with E-state index in [1.54, 1.807) is 18.2 Å². The Kier molecular flexibility index (Phi) is 3.48. The molecule has 6 heteroatoms. The van der Waals surface area contributed by atoms with Crippen molar-refractivity contribution in [3.8, 4) is 5.75 Å². The maximum absolute atomic E-state index is 11.3. The van der Waals surface area contributed by atoms with E-state index < -0.39 is 48.2 Å². The van der Waals surface area contributed by atoms with Crippen molar-refractivity contribution in [2.45, 2.75) is 0 Å². The summed E-state index contributed by atoms with van der Waals surface area (Å²) in [5.41, 5.74) is 0.533. The zero-order valence-electron chi connectivity index (χ0n) is 6.44. The molecule has 2 rings (SSSR count). The molecule has 0 fully saturated rings. The van der Waals surface area contributed by atoms with E-state index in [0.717, 1.165) is 0 Å². The standard InChI is InChI=1S/C7H6O3.2Bi.O.2H/c8-6-4-2-1-3-5(6)7(9)10;;;;;/h1-4,8H,(H,9,10);;;;;/q;2*+1;;;/p-2. The van der Waals surface area contributed by atoms with Gasteiger partial charge in [-0.05, 0) is 0 Å². The summed E-state index contributed by atoms with van der Waals surface area (Å²) in [6.45, 7) is 0. The third-order valence-electron chi connectivity index (χ3n) is 1.48. The van der Waals surface area contributed by atoms with Crippen molar-refractivity contribution in [3.63, 3.8) is 0 Å². The molecule has 0 bridgehead atoms. The van der Waals surface area contributed by atoms with Gasteiger partial charge in [0.1, 0.15) is 0 Å². The molecule has 0 aromatic heterocycles. The van der Waals surface area contributed by atoms with E-state index in [-0.39, 0.29) is 5.97 Å². The van der Waals surface area contributed by atoms with Gasteiger partial charge < -0.3 is 0 Å². The molecule has 0 saturated heterocycles. The van der Waals surface area contributed by atoms with Gasteiger partial charge in [-0.15, -0.1) is 0 Å². The maximum atomic E-state index is 11.3. The van der Waals surface area contributed by atoms with Crippen LogP contribution in [0, 0.1) is 0 Å². The zero-order valence-corrected chi connectivity index (χ0v) is 14.2. The second-order valence-electron chi connectivity index (χ2n) is 2.26. The first-order chi connectivity index (χ1) is 6.38. The van der Waals surface area contributed by atoms with Gasteiger partial charge in [-0.25, -0.2) is 0 Å². The summed E-state index contributed by atoms with van der Waals surface area (Å²) in [5.74, 6) is 0.307. The fraction of sp³-hybridized carbons (Fsp3) is 0. The van der Waals surface area contributed by atoms with Gasteiger partial charge in [0.25, 0.3) is 0 Å². The van der Waals surface area contributed by atoms with Crippen molar-refractivity contribution in [3.05, 3.63) is 29.8 Å². The third-order valence-corrected chi connectivity index (χ3v) is 10.0. The summed E-state index contributed by atoms with van der Waals surface area (Å²) >= 11 is -3.02. The van der Waals surface area contributed by atoms with Crippen LogP contribution < -0.4 is 2.81 Å². The molecule has 0 unspecified atom stereocenters. The second kappa shape index (κ2) is 4.63. The van der Waals surface area contributed by atoms with Crippen LogP contribution in [0.25, 0.3) is 0 Å². The summed E-state index contributed by atoms with van der Waals surface area (Å²) in [6, 6.07) is 7.12. The summed E-state index contributed by atoms with van der Waals surface area (Å²) in [7, 11) is 0. The Morgan fingerprint density at radius 3 is 2.77 bits per heavy atom. The number of hydrogen-bond acceptors (Lipinski definition) is 4. The molecule has 68 valence electrons. The molecule has 13 heavy (non-hydrogen) atoms. The fourth-order valence-electron chi connectivity index (χ4n) is 0.921. The number of para-hydroxylation sites is 1. The van der Waals surface area contributed by atoms with Crippen LogP contribution in [0.15, 0.2) is 24.3 Å². The van der Waals surface area contributed by atoms with Gasteiger partial charge in [0.15, 0.2) is 0 Å². The molecule has 1 heterocycles. The van der Waals surface area contributed by atoms with Crippen LogP contribution in [0.2, 0.25) is 0 Å². The summed E-state index contributed by atoms with van der Waals surface area (Å²) in [4.78, 5) is 11.3. The summed E-state index contributed by atoms with van der Waals surface area (Å²) < 4.78 is 15.7. The van der Waals surface area contributed by atoms with Crippen LogP contribution in [-0.4, -0.2) is 54.2 Å². The molecule has 0 radical (unpaired) electrons. The van der Waals surface area contributed by atoms with E-state index in [9.17, 15) is 4.79 Å². The Hall–Kier alpha value is 0.216. The van der Waals surface area contributed by atoms with Gasteiger partial charge in [-0.2, -0.15) is 0 Å². The molecule has 0 atom stereocenters. The number of rotatable bonds is 0. The summed E-state index contributed by atoms with van der Waals surface area (Å²) in [6.07, 6.45) is 0. The van der Waals surface area contributed by atoms with E-state index in [2.05, 4.69) is 0 Å². The Morgan fingerprint density at radius 2 is 1.85 bits per heavy atom. The van der Waals surface area contributed by atoms with Gasteiger partial charge >= 0.3 is 101 Å². The van der Waals surface area contributed by atoms with Crippen molar-refractivity contribution >= 4 is 54.2 Å². The molecule has 0 aliphatic carbocycles. The molecule has 1 aromatic carbocycles. The van der Waals surface area contributed by atoms with Crippen LogP contribution in [0.3, 0.4) is 0 Å². The topological polar surface area (TPSA) is 44.8 Å². The van der Waals surface area contributed by atoms with E-state index >= 15 is 0 Å². The molecule has 1 aromatic rings. The average molecular weight is 572 g/mol. The van der Waals surface area contributed by atoms with E-state index in [1.165, 1.54) is 0 Å². The van der Waals surface area contributed by atoms with Crippen molar-refractivity contribution < 1.29 is 11.3 Å². The summed E-state index contributed by atoms with van der Waals surface area (Å²) in [5, 5.41) is 0. The van der Waals surface area contributed by atoms with Crippen LogP contribution in [0.4, 0.5) is 0 Å². The van der Waals surface area contributed by atoms with Crippen molar-refractivity contribution in [1.82, 2.24) is 0 Å². The minimum absolute atomic E-state index is 0.303. The van der Waals surface area contributed by atoms with E-state index in [1.807, 2.05) is 6.07 Å². The zero-order chi connectivity index (χ0) is 9.10. The molecule has 1 aliphatic rings. The molecule has 0 spiro atoms. The van der Waals surface area contributed by atoms with Crippen molar-refractivity contribution in [2.75, 3.05) is 0 Å². The van der Waals surface area contributed by atoms with E-state index in [4.69, 9.17) is 6.52 Å². The molecule has 1 aliphatic heterocycles. The average Bonchev–Trinajstić information content (AvgIpc) is 2.14. The SMILES string of the molecule is O=C1[O][BiH][O][BiH][O]c2ccccc21. The minimum atomic E-state index is -1.58. The van der Waals surface area contributed by atoms with Gasteiger partial charge in [0.2, 0.25) is 0 Å². The predicted octanol–water partition coefficient (Wildman–Crippen LogP) is -0.215. The molecular weight excluding hydrogens is 566 g/mol. The van der Waals surface area contributed by atoms with Gasteiger partial charge in [0, 0.05) is 0 Å². The van der Waals surface area contributed by atoms with Crippen molar-refractivity contribution in [2.24, 2.45) is 0 Å².